The molecular weight excluding hydrogens is 408 g/mol. The fourth-order valence-electron chi connectivity index (χ4n) is 3.87. The highest BCUT2D eigenvalue weighted by atomic mass is 32.2. The lowest BCUT2D eigenvalue weighted by atomic mass is 10.0. The Labute approximate surface area is 175 Å². The van der Waals surface area contributed by atoms with Gasteiger partial charge in [0.05, 0.1) is 36.3 Å². The minimum atomic E-state index is -3.83. The first kappa shape index (κ1) is 20.6. The summed E-state index contributed by atoms with van der Waals surface area (Å²) >= 11 is 0. The Bertz CT molecular complexity index is 1000. The summed E-state index contributed by atoms with van der Waals surface area (Å²) in [5, 5.41) is 9.33. The summed E-state index contributed by atoms with van der Waals surface area (Å²) in [6.07, 6.45) is -0.311. The normalized spacial score (nSPS) is 20.7. The Morgan fingerprint density at radius 2 is 1.80 bits per heavy atom. The summed E-state index contributed by atoms with van der Waals surface area (Å²) in [5.41, 5.74) is 0.920. The topological polar surface area (TPSA) is 96.4 Å². The molecule has 1 fully saturated rings. The number of carboxylic acid groups (broad SMARTS) is 1. The van der Waals surface area contributed by atoms with Crippen molar-refractivity contribution in [1.82, 2.24) is 4.90 Å². The van der Waals surface area contributed by atoms with Crippen LogP contribution in [0.2, 0.25) is 0 Å². The smallest absolute Gasteiger partial charge is 0.305 e. The van der Waals surface area contributed by atoms with Gasteiger partial charge < -0.3 is 14.6 Å². The van der Waals surface area contributed by atoms with Crippen LogP contribution in [0, 0.1) is 0 Å². The van der Waals surface area contributed by atoms with E-state index in [1.807, 2.05) is 0 Å². The maximum Gasteiger partial charge on any atom is 0.305 e. The molecule has 160 valence electrons. The van der Waals surface area contributed by atoms with Crippen molar-refractivity contribution in [2.24, 2.45) is 0 Å². The van der Waals surface area contributed by atoms with E-state index in [0.29, 0.717) is 23.6 Å². The number of anilines is 1. The molecule has 1 unspecified atom stereocenters. The lowest BCUT2D eigenvalue weighted by molar-refractivity contribution is -0.137. The Hall–Kier alpha value is -2.62. The van der Waals surface area contributed by atoms with E-state index in [2.05, 4.69) is 4.90 Å². The second-order valence-electron chi connectivity index (χ2n) is 7.25. The number of hydrogen-bond acceptors (Lipinski definition) is 6. The molecule has 0 amide bonds. The molecule has 2 aromatic carbocycles. The molecule has 2 aromatic rings. The van der Waals surface area contributed by atoms with Gasteiger partial charge in [0.2, 0.25) is 0 Å². The van der Waals surface area contributed by atoms with Gasteiger partial charge in [-0.05, 0) is 35.9 Å². The van der Waals surface area contributed by atoms with E-state index in [-0.39, 0.29) is 11.3 Å². The average molecular weight is 432 g/mol. The highest BCUT2D eigenvalue weighted by Crippen LogP contribution is 2.44. The zero-order chi connectivity index (χ0) is 21.1. The summed E-state index contributed by atoms with van der Waals surface area (Å²) in [5.74, 6) is -0.420. The molecule has 8 nitrogen and oxygen atoms in total. The number of carbonyl (C=O) groups is 1. The molecule has 2 aliphatic rings. The van der Waals surface area contributed by atoms with E-state index in [1.165, 1.54) is 10.4 Å². The van der Waals surface area contributed by atoms with E-state index in [4.69, 9.17) is 9.47 Å². The van der Waals surface area contributed by atoms with Crippen molar-refractivity contribution in [2.75, 3.05) is 43.8 Å². The van der Waals surface area contributed by atoms with Gasteiger partial charge in [0, 0.05) is 19.6 Å². The van der Waals surface area contributed by atoms with Crippen LogP contribution in [-0.4, -0.2) is 63.8 Å². The largest absolute Gasteiger partial charge is 0.492 e. The first-order valence-electron chi connectivity index (χ1n) is 9.85. The number of nitrogens with zero attached hydrogens (tertiary/aromatic N) is 2. The summed E-state index contributed by atoms with van der Waals surface area (Å²) in [4.78, 5) is 13.8. The maximum absolute atomic E-state index is 13.1. The Morgan fingerprint density at radius 3 is 2.50 bits per heavy atom. The first-order chi connectivity index (χ1) is 14.5. The van der Waals surface area contributed by atoms with E-state index in [0.717, 1.165) is 32.8 Å². The van der Waals surface area contributed by atoms with Gasteiger partial charge in [-0.3, -0.25) is 14.0 Å². The zero-order valence-electron chi connectivity index (χ0n) is 16.4. The summed E-state index contributed by atoms with van der Waals surface area (Å²) in [6.45, 7) is 4.56. The van der Waals surface area contributed by atoms with Crippen molar-refractivity contribution in [2.45, 2.75) is 17.4 Å². The number of sulfonamides is 1. The van der Waals surface area contributed by atoms with Gasteiger partial charge >= 0.3 is 5.97 Å². The van der Waals surface area contributed by atoms with Gasteiger partial charge in [-0.25, -0.2) is 8.42 Å². The molecule has 0 aromatic heterocycles. The number of aliphatic carboxylic acids is 1. The number of ether oxygens (including phenoxy) is 2. The van der Waals surface area contributed by atoms with Crippen LogP contribution in [0.15, 0.2) is 53.4 Å². The van der Waals surface area contributed by atoms with Crippen molar-refractivity contribution < 1.29 is 27.8 Å². The Morgan fingerprint density at radius 1 is 1.10 bits per heavy atom. The van der Waals surface area contributed by atoms with Crippen molar-refractivity contribution >= 4 is 21.7 Å². The molecule has 1 atom stereocenters. The molecule has 1 saturated heterocycles. The summed E-state index contributed by atoms with van der Waals surface area (Å²) in [6, 6.07) is 12.5. The second-order valence-corrected chi connectivity index (χ2v) is 9.03. The molecule has 4 rings (SSSR count). The molecule has 0 radical (unpaired) electrons. The number of fused-ring (bicyclic) bond motifs is 1. The standard InChI is InChI=1S/C21H24N2O6S/c24-21(25)15-19-18-3-1-2-4-20(18)30(26,27)23(19)16-5-7-17(8-6-16)29-14-11-22-9-12-28-13-10-22/h1-8,19H,9-15H2,(H,24,25). The predicted octanol–water partition coefficient (Wildman–Crippen LogP) is 2.12. The first-order valence-corrected chi connectivity index (χ1v) is 11.3. The van der Waals surface area contributed by atoms with Crippen LogP contribution in [0.5, 0.6) is 5.75 Å². The predicted molar refractivity (Wildman–Crippen MR) is 110 cm³/mol. The van der Waals surface area contributed by atoms with Gasteiger partial charge in [-0.15, -0.1) is 0 Å². The molecule has 2 heterocycles. The molecule has 0 bridgehead atoms. The average Bonchev–Trinajstić information content (AvgIpc) is 2.96. The molecule has 9 heteroatoms. The molecule has 2 aliphatic heterocycles. The number of morpholine rings is 1. The van der Waals surface area contributed by atoms with Crippen LogP contribution in [-0.2, 0) is 19.6 Å². The summed E-state index contributed by atoms with van der Waals surface area (Å²) in [7, 11) is -3.83. The fourth-order valence-corrected chi connectivity index (χ4v) is 5.76. The van der Waals surface area contributed by atoms with Gasteiger partial charge in [0.25, 0.3) is 10.0 Å². The van der Waals surface area contributed by atoms with Crippen molar-refractivity contribution in [3.63, 3.8) is 0 Å². The molecular formula is C21H24N2O6S. The van der Waals surface area contributed by atoms with E-state index in [1.54, 1.807) is 42.5 Å². The highest BCUT2D eigenvalue weighted by Gasteiger charge is 2.43. The second kappa shape index (κ2) is 8.63. The van der Waals surface area contributed by atoms with E-state index in [9.17, 15) is 18.3 Å². The molecule has 1 N–H and O–H groups in total. The van der Waals surface area contributed by atoms with Crippen LogP contribution in [0.3, 0.4) is 0 Å². The van der Waals surface area contributed by atoms with Crippen LogP contribution in [0.25, 0.3) is 0 Å². The number of carboxylic acids is 1. The SMILES string of the molecule is O=C(O)CC1c2ccccc2S(=O)(=O)N1c1ccc(OCCN2CCOCC2)cc1. The molecule has 30 heavy (non-hydrogen) atoms. The van der Waals surface area contributed by atoms with Gasteiger partial charge in [0.15, 0.2) is 0 Å². The third kappa shape index (κ3) is 4.14. The van der Waals surface area contributed by atoms with E-state index >= 15 is 0 Å². The highest BCUT2D eigenvalue weighted by molar-refractivity contribution is 7.93. The number of rotatable bonds is 7. The third-order valence-corrected chi connectivity index (χ3v) is 7.25. The van der Waals surface area contributed by atoms with Crippen molar-refractivity contribution in [1.29, 1.82) is 0 Å². The van der Waals surface area contributed by atoms with Crippen LogP contribution in [0.4, 0.5) is 5.69 Å². The quantitative estimate of drug-likeness (QED) is 0.716. The molecule has 0 spiro atoms. The Balaban J connectivity index is 1.50. The van der Waals surface area contributed by atoms with Crippen LogP contribution in [0.1, 0.15) is 18.0 Å². The van der Waals surface area contributed by atoms with E-state index < -0.39 is 22.0 Å². The zero-order valence-corrected chi connectivity index (χ0v) is 17.3. The minimum absolute atomic E-state index is 0.155. The number of hydrogen-bond donors (Lipinski definition) is 1. The number of benzene rings is 2. The third-order valence-electron chi connectivity index (χ3n) is 5.34. The monoisotopic (exact) mass is 432 g/mol. The minimum Gasteiger partial charge on any atom is -0.492 e. The van der Waals surface area contributed by atoms with Gasteiger partial charge in [-0.2, -0.15) is 0 Å². The van der Waals surface area contributed by atoms with Crippen LogP contribution >= 0.6 is 0 Å². The van der Waals surface area contributed by atoms with Crippen molar-refractivity contribution in [3.05, 3.63) is 54.1 Å². The lowest BCUT2D eigenvalue weighted by Gasteiger charge is -2.26. The summed E-state index contributed by atoms with van der Waals surface area (Å²) < 4.78 is 38.5. The fraction of sp³-hybridized carbons (Fsp3) is 0.381. The van der Waals surface area contributed by atoms with Crippen molar-refractivity contribution in [3.8, 4) is 5.75 Å². The maximum atomic E-state index is 13.1. The lowest BCUT2D eigenvalue weighted by Crippen LogP contribution is -2.38. The molecule has 0 saturated carbocycles. The van der Waals surface area contributed by atoms with Gasteiger partial charge in [0.1, 0.15) is 12.4 Å². The molecule has 0 aliphatic carbocycles. The van der Waals surface area contributed by atoms with Gasteiger partial charge in [-0.1, -0.05) is 18.2 Å². The Kier molecular flexibility index (Phi) is 5.94. The van der Waals surface area contributed by atoms with Crippen LogP contribution < -0.4 is 9.04 Å².